The molecule has 0 saturated carbocycles. The second kappa shape index (κ2) is 6.53. The highest BCUT2D eigenvalue weighted by molar-refractivity contribution is 5.73. The minimum atomic E-state index is 0.667. The van der Waals surface area contributed by atoms with Gasteiger partial charge in [0.05, 0.1) is 0 Å². The smallest absolute Gasteiger partial charge is 0.150 e. The van der Waals surface area contributed by atoms with Crippen LogP contribution in [0.2, 0.25) is 0 Å². The zero-order valence-corrected chi connectivity index (χ0v) is 7.82. The average molecular weight is 165 g/mol. The molecule has 0 spiro atoms. The third-order valence-electron chi connectivity index (χ3n) is 0.842. The molecule has 1 heterocycles. The van der Waals surface area contributed by atoms with E-state index >= 15 is 0 Å². The van der Waals surface area contributed by atoms with Crippen LogP contribution < -0.4 is 0 Å². The summed E-state index contributed by atoms with van der Waals surface area (Å²) in [5.41, 5.74) is 0.667. The lowest BCUT2D eigenvalue weighted by Gasteiger charge is -1.81. The molecule has 0 bridgehead atoms. The van der Waals surface area contributed by atoms with Gasteiger partial charge in [-0.3, -0.25) is 9.78 Å². The van der Waals surface area contributed by atoms with Gasteiger partial charge in [-0.15, -0.1) is 0 Å². The monoisotopic (exact) mass is 165 g/mol. The Hall–Kier alpha value is -1.18. The van der Waals surface area contributed by atoms with Crippen molar-refractivity contribution in [2.75, 3.05) is 0 Å². The van der Waals surface area contributed by atoms with Crippen LogP contribution in [0.25, 0.3) is 0 Å². The number of rotatable bonds is 1. The van der Waals surface area contributed by atoms with Gasteiger partial charge < -0.3 is 0 Å². The minimum absolute atomic E-state index is 0.667. The van der Waals surface area contributed by atoms with E-state index in [0.717, 1.165) is 12.2 Å². The van der Waals surface area contributed by atoms with Gasteiger partial charge in [0.1, 0.15) is 6.29 Å². The van der Waals surface area contributed by atoms with Crippen molar-refractivity contribution in [1.29, 1.82) is 0 Å². The van der Waals surface area contributed by atoms with Gasteiger partial charge >= 0.3 is 0 Å². The van der Waals surface area contributed by atoms with E-state index < -0.39 is 0 Å². The molecule has 66 valence electrons. The van der Waals surface area contributed by atoms with Crippen LogP contribution in [0.15, 0.2) is 24.5 Å². The number of aldehydes is 1. The third-order valence-corrected chi connectivity index (χ3v) is 0.842. The second-order valence-corrected chi connectivity index (χ2v) is 3.13. The molecule has 0 aromatic carbocycles. The Labute approximate surface area is 73.6 Å². The van der Waals surface area contributed by atoms with E-state index in [1.165, 1.54) is 0 Å². The number of carbonyl (C=O) groups excluding carboxylic acids is 1. The minimum Gasteiger partial charge on any atom is -0.298 e. The first-order valence-corrected chi connectivity index (χ1v) is 4.02. The molecular weight excluding hydrogens is 150 g/mol. The van der Waals surface area contributed by atoms with Gasteiger partial charge in [0, 0.05) is 18.0 Å². The van der Waals surface area contributed by atoms with Crippen molar-refractivity contribution in [3.63, 3.8) is 0 Å². The van der Waals surface area contributed by atoms with Gasteiger partial charge in [-0.2, -0.15) is 0 Å². The van der Waals surface area contributed by atoms with Gasteiger partial charge in [-0.25, -0.2) is 0 Å². The first-order chi connectivity index (χ1) is 5.66. The predicted octanol–water partition coefficient (Wildman–Crippen LogP) is 2.56. The van der Waals surface area contributed by atoms with E-state index in [0.29, 0.717) is 5.56 Å². The number of hydrogen-bond acceptors (Lipinski definition) is 2. The molecule has 0 aliphatic heterocycles. The molecule has 1 aromatic rings. The molecule has 0 unspecified atom stereocenters. The van der Waals surface area contributed by atoms with Crippen LogP contribution in [0.1, 0.15) is 31.1 Å². The quantitative estimate of drug-likeness (QED) is 0.598. The Morgan fingerprint density at radius 3 is 1.92 bits per heavy atom. The van der Waals surface area contributed by atoms with Crippen molar-refractivity contribution in [2.24, 2.45) is 5.92 Å². The Morgan fingerprint density at radius 2 is 1.67 bits per heavy atom. The van der Waals surface area contributed by atoms with Gasteiger partial charge in [-0.1, -0.05) is 20.8 Å². The second-order valence-electron chi connectivity index (χ2n) is 3.13. The van der Waals surface area contributed by atoms with E-state index in [1.807, 2.05) is 0 Å². The van der Waals surface area contributed by atoms with Crippen LogP contribution in [0.4, 0.5) is 0 Å². The van der Waals surface area contributed by atoms with Gasteiger partial charge in [0.25, 0.3) is 0 Å². The number of aromatic nitrogens is 1. The largest absolute Gasteiger partial charge is 0.298 e. The maximum Gasteiger partial charge on any atom is 0.150 e. The molecule has 0 amide bonds. The van der Waals surface area contributed by atoms with E-state index in [1.54, 1.807) is 24.5 Å². The highest BCUT2D eigenvalue weighted by atomic mass is 16.1. The van der Waals surface area contributed by atoms with Crippen LogP contribution in [-0.2, 0) is 0 Å². The topological polar surface area (TPSA) is 30.0 Å². The van der Waals surface area contributed by atoms with Gasteiger partial charge in [0.2, 0.25) is 0 Å². The highest BCUT2D eigenvalue weighted by Crippen LogP contribution is 1.88. The fourth-order valence-corrected chi connectivity index (χ4v) is 0.442. The lowest BCUT2D eigenvalue weighted by molar-refractivity contribution is 0.112. The van der Waals surface area contributed by atoms with Crippen molar-refractivity contribution in [3.8, 4) is 0 Å². The average Bonchev–Trinajstić information content (AvgIpc) is 2.05. The number of pyridine rings is 1. The molecule has 2 nitrogen and oxygen atoms in total. The Kier molecular flexibility index (Phi) is 5.88. The number of carbonyl (C=O) groups is 1. The summed E-state index contributed by atoms with van der Waals surface area (Å²) in [5.74, 6) is 0.833. The zero-order chi connectivity index (χ0) is 9.40. The SMILES string of the molecule is CC(C)C.O=Cc1ccncc1. The highest BCUT2D eigenvalue weighted by Gasteiger charge is 1.80. The van der Waals surface area contributed by atoms with E-state index in [-0.39, 0.29) is 0 Å². The fraction of sp³-hybridized carbons (Fsp3) is 0.400. The van der Waals surface area contributed by atoms with E-state index in [9.17, 15) is 4.79 Å². The molecule has 1 rings (SSSR count). The standard InChI is InChI=1S/C6H5NO.C4H10/c8-5-6-1-3-7-4-2-6;1-4(2)3/h1-5H;4H,1-3H3. The molecule has 0 aliphatic carbocycles. The summed E-state index contributed by atoms with van der Waals surface area (Å²) in [6.07, 6.45) is 3.97. The van der Waals surface area contributed by atoms with Crippen LogP contribution in [0, 0.1) is 5.92 Å². The molecule has 0 N–H and O–H groups in total. The maximum absolute atomic E-state index is 9.98. The van der Waals surface area contributed by atoms with Crippen molar-refractivity contribution in [1.82, 2.24) is 4.98 Å². The maximum atomic E-state index is 9.98. The predicted molar refractivity (Wildman–Crippen MR) is 50.1 cm³/mol. The summed E-state index contributed by atoms with van der Waals surface area (Å²) in [7, 11) is 0. The molecule has 0 atom stereocenters. The normalized spacial score (nSPS) is 8.67. The summed E-state index contributed by atoms with van der Waals surface area (Å²) in [6.45, 7) is 6.50. The van der Waals surface area contributed by atoms with Crippen molar-refractivity contribution >= 4 is 6.29 Å². The summed E-state index contributed by atoms with van der Waals surface area (Å²) >= 11 is 0. The lowest BCUT2D eigenvalue weighted by Crippen LogP contribution is -1.76. The Morgan fingerprint density at radius 1 is 1.25 bits per heavy atom. The zero-order valence-electron chi connectivity index (χ0n) is 7.82. The molecule has 0 saturated heterocycles. The fourth-order valence-electron chi connectivity index (χ4n) is 0.442. The molecule has 0 aliphatic rings. The first kappa shape index (κ1) is 10.8. The van der Waals surface area contributed by atoms with Crippen LogP contribution in [-0.4, -0.2) is 11.3 Å². The summed E-state index contributed by atoms with van der Waals surface area (Å²) in [4.78, 5) is 13.7. The van der Waals surface area contributed by atoms with Crippen molar-refractivity contribution < 1.29 is 4.79 Å². The van der Waals surface area contributed by atoms with Crippen LogP contribution in [0.5, 0.6) is 0 Å². The van der Waals surface area contributed by atoms with Gasteiger partial charge in [-0.05, 0) is 18.1 Å². The summed E-state index contributed by atoms with van der Waals surface area (Å²) < 4.78 is 0. The molecular formula is C10H15NO. The van der Waals surface area contributed by atoms with Crippen LogP contribution in [0.3, 0.4) is 0 Å². The Balaban J connectivity index is 0.000000261. The molecule has 12 heavy (non-hydrogen) atoms. The van der Waals surface area contributed by atoms with E-state index in [2.05, 4.69) is 25.8 Å². The lowest BCUT2D eigenvalue weighted by atomic mass is 10.3. The van der Waals surface area contributed by atoms with Crippen molar-refractivity contribution in [3.05, 3.63) is 30.1 Å². The summed E-state index contributed by atoms with van der Waals surface area (Å²) in [5, 5.41) is 0. The number of nitrogens with zero attached hydrogens (tertiary/aromatic N) is 1. The molecule has 1 aromatic heterocycles. The van der Waals surface area contributed by atoms with Crippen molar-refractivity contribution in [2.45, 2.75) is 20.8 Å². The van der Waals surface area contributed by atoms with E-state index in [4.69, 9.17) is 0 Å². The molecule has 2 heteroatoms. The third kappa shape index (κ3) is 6.93. The van der Waals surface area contributed by atoms with Gasteiger partial charge in [0.15, 0.2) is 0 Å². The first-order valence-electron chi connectivity index (χ1n) is 4.02. The molecule has 0 radical (unpaired) electrons. The number of hydrogen-bond donors (Lipinski definition) is 0. The summed E-state index contributed by atoms with van der Waals surface area (Å²) in [6, 6.07) is 3.32. The Bertz CT molecular complexity index is 204. The van der Waals surface area contributed by atoms with Crippen LogP contribution >= 0.6 is 0 Å². The molecule has 0 fully saturated rings.